The zero-order valence-corrected chi connectivity index (χ0v) is 28.8. The molecule has 276 valence electrons. The zero-order valence-electron chi connectivity index (χ0n) is 28.8. The quantitative estimate of drug-likeness (QED) is 0.123. The van der Waals surface area contributed by atoms with Gasteiger partial charge in [0.2, 0.25) is 5.79 Å². The largest absolute Gasteiger partial charge is 0.658 e. The highest BCUT2D eigenvalue weighted by Gasteiger charge is 2.75. The summed E-state index contributed by atoms with van der Waals surface area (Å²) in [7, 11) is 1.20. The summed E-state index contributed by atoms with van der Waals surface area (Å²) in [4.78, 5) is 29.5. The highest BCUT2D eigenvalue weighted by Crippen LogP contribution is 2.57. The third kappa shape index (κ3) is 5.65. The highest BCUT2D eigenvalue weighted by atomic mass is 16.7. The van der Waals surface area contributed by atoms with Crippen LogP contribution in [0, 0.1) is 17.8 Å². The van der Waals surface area contributed by atoms with Gasteiger partial charge in [0.1, 0.15) is 18.8 Å². The maximum atomic E-state index is 12.6. The van der Waals surface area contributed by atoms with Crippen LogP contribution in [-0.2, 0) is 28.5 Å². The van der Waals surface area contributed by atoms with Crippen LogP contribution in [-0.4, -0.2) is 105 Å². The lowest BCUT2D eigenvalue weighted by molar-refractivity contribution is -0.434. The Hall–Kier alpha value is -3.04. The van der Waals surface area contributed by atoms with E-state index in [1.165, 1.54) is 32.1 Å². The van der Waals surface area contributed by atoms with Crippen molar-refractivity contribution in [1.82, 2.24) is 4.98 Å². The van der Waals surface area contributed by atoms with Gasteiger partial charge in [0, 0.05) is 30.4 Å². The molecule has 0 amide bonds. The van der Waals surface area contributed by atoms with Crippen LogP contribution in [0.15, 0.2) is 30.4 Å². The number of hydrogen-bond donors (Lipinski definition) is 6. The van der Waals surface area contributed by atoms with E-state index in [9.17, 15) is 40.2 Å². The fourth-order valence-electron chi connectivity index (χ4n) is 9.36. The second-order valence-electron chi connectivity index (χ2n) is 14.5. The maximum absolute atomic E-state index is 12.6. The molecule has 1 aromatic heterocycles. The number of aliphatic hydroxyl groups excluding tert-OH is 4. The molecule has 2 saturated carbocycles. The molecular weight excluding hydrogens is 650 g/mol. The number of carboxylic acids is 1. The first-order chi connectivity index (χ1) is 23.9. The van der Waals surface area contributed by atoms with Crippen molar-refractivity contribution < 1.29 is 59.2 Å². The number of rotatable bonds is 13. The average molecular weight is 701 g/mol. The summed E-state index contributed by atoms with van der Waals surface area (Å²) in [5.74, 6) is -4.78. The van der Waals surface area contributed by atoms with Crippen molar-refractivity contribution in [2.75, 3.05) is 26.9 Å². The van der Waals surface area contributed by atoms with Crippen LogP contribution in [0.2, 0.25) is 0 Å². The Bertz CT molecular complexity index is 1630. The van der Waals surface area contributed by atoms with Crippen LogP contribution >= 0.6 is 0 Å². The fraction of sp³-hybridized carbons (Fsp3) is 0.676. The predicted molar refractivity (Wildman–Crippen MR) is 177 cm³/mol. The summed E-state index contributed by atoms with van der Waals surface area (Å²) in [5, 5.41) is 67.7. The van der Waals surface area contributed by atoms with Gasteiger partial charge >= 0.3 is 11.9 Å². The number of aliphatic carboxylic acids is 1. The number of aromatic nitrogens is 1. The van der Waals surface area contributed by atoms with Crippen molar-refractivity contribution in [2.45, 2.75) is 112 Å². The third-order valence-electron chi connectivity index (χ3n) is 12.0. The lowest BCUT2D eigenvalue weighted by atomic mass is 9.61. The van der Waals surface area contributed by atoms with Gasteiger partial charge in [0.15, 0.2) is 11.2 Å². The molecule has 9 atom stereocenters. The highest BCUT2D eigenvalue weighted by molar-refractivity contribution is 5.90. The first-order valence-electron chi connectivity index (χ1n) is 17.8. The molecule has 1 aromatic rings. The number of esters is 1. The van der Waals surface area contributed by atoms with Gasteiger partial charge in [0.05, 0.1) is 32.0 Å². The molecule has 3 heterocycles. The second kappa shape index (κ2) is 14.2. The number of nitrogens with zero attached hydrogens (tertiary/aromatic N) is 1. The van der Waals surface area contributed by atoms with Gasteiger partial charge in [0.25, 0.3) is 0 Å². The van der Waals surface area contributed by atoms with Gasteiger partial charge in [-0.3, -0.25) is 4.79 Å². The van der Waals surface area contributed by atoms with E-state index in [0.717, 1.165) is 23.8 Å². The molecule has 3 fully saturated rings. The smallest absolute Gasteiger partial charge is 0.333 e. The molecule has 2 aliphatic heterocycles. The topological polar surface area (TPSA) is 207 Å². The zero-order chi connectivity index (χ0) is 36.0. The summed E-state index contributed by atoms with van der Waals surface area (Å²) in [6.45, 7) is 4.30. The van der Waals surface area contributed by atoms with E-state index in [1.54, 1.807) is 0 Å². The van der Waals surface area contributed by atoms with E-state index in [4.69, 9.17) is 23.9 Å². The van der Waals surface area contributed by atoms with Gasteiger partial charge in [-0.1, -0.05) is 43.3 Å². The Morgan fingerprint density at radius 3 is 2.58 bits per heavy atom. The number of aliphatic hydroxyl groups is 5. The first kappa shape index (κ1) is 36.7. The Balaban J connectivity index is 1.43. The Morgan fingerprint density at radius 2 is 1.96 bits per heavy atom. The third-order valence-corrected chi connectivity index (χ3v) is 12.0. The summed E-state index contributed by atoms with van der Waals surface area (Å²) >= 11 is 0. The lowest BCUT2D eigenvalue weighted by Gasteiger charge is -2.64. The number of hydrogen-bond acceptors (Lipinski definition) is 11. The van der Waals surface area contributed by atoms with Crippen LogP contribution in [0.3, 0.4) is 0 Å². The van der Waals surface area contributed by atoms with E-state index in [-0.39, 0.29) is 43.8 Å². The number of fused-ring (bicyclic) bond motifs is 2. The van der Waals surface area contributed by atoms with Crippen LogP contribution < -0.4 is 15.6 Å². The number of carboxylic acid groups (broad SMARTS) is 1. The second-order valence-corrected chi connectivity index (χ2v) is 14.5. The predicted octanol–water partition coefficient (Wildman–Crippen LogP) is 0.485. The standard InChI is InChI=1S/C37H50NO12/c1-4-22-24(17-31(42)43)23(33(44)47-3)11-12-28(22)48-36(19-41)35(46)14-13-26-25-16-27(20(2)21-8-5-6-9-21)38-32(25)29(10-7-15-39)49-37(26,34(35)45)30(18-40)50-36/h4,11,16,20-22,24,28,30,34,39-41,45-46H,1,5-10,12-15,17-19H2,2-3H3,(H,42,43)/q-1/t20-,22-,24+,28-,30-,34-,35-,36-,37-/m1/s1. The molecule has 0 radical (unpaired) electrons. The minimum atomic E-state index is -2.30. The van der Waals surface area contributed by atoms with Crippen LogP contribution in [0.25, 0.3) is 11.3 Å². The molecule has 1 spiro atoms. The normalized spacial score (nSPS) is 35.8. The number of methoxy groups -OCH3 is 1. The lowest BCUT2D eigenvalue weighted by Crippen LogP contribution is -2.83. The van der Waals surface area contributed by atoms with E-state index in [0.29, 0.717) is 29.0 Å². The molecule has 13 nitrogen and oxygen atoms in total. The molecular formula is C37H50NO12-. The Kier molecular flexibility index (Phi) is 10.4. The molecule has 50 heavy (non-hydrogen) atoms. The number of carbonyl (C=O) groups excluding carboxylic acids is 1. The van der Waals surface area contributed by atoms with Gasteiger partial charge in [-0.05, 0) is 61.2 Å². The fourth-order valence-corrected chi connectivity index (χ4v) is 9.36. The van der Waals surface area contributed by atoms with Gasteiger partial charge in [-0.15, -0.1) is 6.58 Å². The average Bonchev–Trinajstić information content (AvgIpc) is 3.81. The Labute approximate surface area is 290 Å². The van der Waals surface area contributed by atoms with Crippen molar-refractivity contribution in [3.63, 3.8) is 0 Å². The van der Waals surface area contributed by atoms with E-state index in [1.807, 2.05) is 6.07 Å². The first-order valence-corrected chi connectivity index (χ1v) is 17.8. The van der Waals surface area contributed by atoms with Crippen molar-refractivity contribution in [1.29, 1.82) is 0 Å². The van der Waals surface area contributed by atoms with Gasteiger partial charge in [-0.2, -0.15) is 5.69 Å². The van der Waals surface area contributed by atoms with Gasteiger partial charge in [-0.25, -0.2) is 4.79 Å². The number of carbonyl (C=O) groups is 2. The molecule has 5 aliphatic rings. The summed E-state index contributed by atoms with van der Waals surface area (Å²) in [6.07, 6.45) is 3.78. The monoisotopic (exact) mass is 700 g/mol. The molecule has 1 saturated heterocycles. The van der Waals surface area contributed by atoms with Crippen LogP contribution in [0.5, 0.6) is 0 Å². The maximum Gasteiger partial charge on any atom is 0.333 e. The molecule has 0 unspecified atom stereocenters. The van der Waals surface area contributed by atoms with Crippen molar-refractivity contribution >= 4 is 23.3 Å². The molecule has 6 N–H and O–H groups in total. The van der Waals surface area contributed by atoms with Crippen molar-refractivity contribution in [3.05, 3.63) is 46.6 Å². The molecule has 0 aromatic carbocycles. The SMILES string of the molecule is C=C[C@@H]1[C@H](CC(=O)O)C(C(=O)OC)=CC[C@H]1O[C@]1(CO)O[C@H](CO)[C@]23OC(CCCO)=c4[n-]c([C@H](C)C5CCCC5)cc4=C2CC[C@@]1(O)[C@H]3O. The van der Waals surface area contributed by atoms with Crippen LogP contribution in [0.1, 0.15) is 82.7 Å². The summed E-state index contributed by atoms with van der Waals surface area (Å²) < 4.78 is 24.6. The molecule has 3 aliphatic carbocycles. The molecule has 13 heteroatoms. The minimum absolute atomic E-state index is 0.0426. The summed E-state index contributed by atoms with van der Waals surface area (Å²) in [5.41, 5.74) is -2.39. The molecule has 6 rings (SSSR count). The Morgan fingerprint density at radius 1 is 1.22 bits per heavy atom. The number of ether oxygens (including phenoxy) is 4. The van der Waals surface area contributed by atoms with Crippen molar-refractivity contribution in [3.8, 4) is 0 Å². The van der Waals surface area contributed by atoms with Crippen LogP contribution in [0.4, 0.5) is 0 Å². The van der Waals surface area contributed by atoms with Gasteiger partial charge < -0.3 is 54.6 Å². The van der Waals surface area contributed by atoms with E-state index in [2.05, 4.69) is 13.5 Å². The van der Waals surface area contributed by atoms with E-state index < -0.39 is 78.7 Å². The van der Waals surface area contributed by atoms with E-state index >= 15 is 0 Å². The van der Waals surface area contributed by atoms with Crippen molar-refractivity contribution in [2.24, 2.45) is 17.8 Å². The molecule has 2 bridgehead atoms. The summed E-state index contributed by atoms with van der Waals surface area (Å²) in [6, 6.07) is 2.03. The minimum Gasteiger partial charge on any atom is -0.658 e.